The number of nitrogens with zero attached hydrogens (tertiary/aromatic N) is 1. The molecule has 4 fully saturated rings. The van der Waals surface area contributed by atoms with E-state index in [1.807, 2.05) is 13.8 Å². The number of likely N-dealkylation sites (N-methyl/N-ethyl adjacent to an activating group) is 1. The van der Waals surface area contributed by atoms with Crippen LogP contribution in [-0.4, -0.2) is 120 Å². The minimum atomic E-state index is -0.601. The number of ketones is 1. The van der Waals surface area contributed by atoms with E-state index in [4.69, 9.17) is 37.9 Å². The van der Waals surface area contributed by atoms with Crippen LogP contribution in [0.2, 0.25) is 0 Å². The normalized spacial score (nSPS) is 44.7. The molecule has 11 heteroatoms. The van der Waals surface area contributed by atoms with Gasteiger partial charge in [0.15, 0.2) is 18.4 Å². The van der Waals surface area contributed by atoms with Crippen LogP contribution in [0.15, 0.2) is 23.3 Å². The Kier molecular flexibility index (Phi) is 14.4. The van der Waals surface area contributed by atoms with E-state index in [0.717, 1.165) is 50.5 Å². The van der Waals surface area contributed by atoms with E-state index in [9.17, 15) is 9.59 Å². The largest absolute Gasteiger partial charge is 0.462 e. The van der Waals surface area contributed by atoms with Gasteiger partial charge in [0.05, 0.1) is 30.8 Å². The predicted molar refractivity (Wildman–Crippen MR) is 208 cm³/mol. The molecule has 0 amide bonds. The molecule has 0 N–H and O–H groups in total. The molecule has 0 bridgehead atoms. The van der Waals surface area contributed by atoms with E-state index < -0.39 is 12.4 Å². The number of carbonyl (C=O) groups excluding carboxylic acids is 2. The summed E-state index contributed by atoms with van der Waals surface area (Å²) in [6, 6.07) is 0.334. The van der Waals surface area contributed by atoms with E-state index in [1.165, 1.54) is 5.57 Å². The van der Waals surface area contributed by atoms with Gasteiger partial charge in [0, 0.05) is 39.2 Å². The number of methoxy groups -OCH3 is 3. The maximum Gasteiger partial charge on any atom is 0.306 e. The summed E-state index contributed by atoms with van der Waals surface area (Å²) in [6.07, 6.45) is 8.69. The molecule has 3 saturated heterocycles. The molecule has 0 spiro atoms. The fraction of sp³-hybridized carbons (Fsp3) is 0.864. The smallest absolute Gasteiger partial charge is 0.306 e. The number of hydrogen-bond donors (Lipinski definition) is 0. The van der Waals surface area contributed by atoms with Crippen LogP contribution in [0, 0.1) is 41.4 Å². The van der Waals surface area contributed by atoms with Gasteiger partial charge in [0.25, 0.3) is 0 Å². The molecule has 3 aliphatic heterocycles. The maximum atomic E-state index is 14.8. The second-order valence-corrected chi connectivity index (χ2v) is 17.9. The summed E-state index contributed by atoms with van der Waals surface area (Å²) < 4.78 is 50.1. The molecule has 0 aromatic heterocycles. The number of carbonyl (C=O) groups is 2. The third-order valence-corrected chi connectivity index (χ3v) is 14.4. The molecule has 6 aliphatic rings. The number of Topliss-reactive ketones (excluding diaryl/α,β-unsaturated/α-hetero) is 1. The van der Waals surface area contributed by atoms with Crippen LogP contribution in [0.4, 0.5) is 0 Å². The van der Waals surface area contributed by atoms with Crippen molar-refractivity contribution in [3.63, 3.8) is 0 Å². The Morgan fingerprint density at radius 1 is 0.836 bits per heavy atom. The number of fused-ring (bicyclic) bond motifs is 5. The molecule has 0 radical (unpaired) electrons. The molecule has 1 unspecified atom stereocenters. The van der Waals surface area contributed by atoms with Crippen LogP contribution in [0.25, 0.3) is 0 Å². The first kappa shape index (κ1) is 42.9. The lowest BCUT2D eigenvalue weighted by atomic mass is 9.67. The number of allylic oxidation sites excluding steroid dienone is 4. The first-order valence-corrected chi connectivity index (χ1v) is 21.3. The highest BCUT2D eigenvalue weighted by Gasteiger charge is 2.54. The average Bonchev–Trinajstić information content (AvgIpc) is 3.74. The molecule has 3 heterocycles. The van der Waals surface area contributed by atoms with E-state index in [-0.39, 0.29) is 103 Å². The van der Waals surface area contributed by atoms with Gasteiger partial charge in [-0.1, -0.05) is 44.9 Å². The summed E-state index contributed by atoms with van der Waals surface area (Å²) in [4.78, 5) is 30.9. The fourth-order valence-electron chi connectivity index (χ4n) is 11.1. The van der Waals surface area contributed by atoms with Crippen molar-refractivity contribution >= 4 is 11.8 Å². The van der Waals surface area contributed by atoms with Crippen LogP contribution in [0.3, 0.4) is 0 Å². The summed E-state index contributed by atoms with van der Waals surface area (Å²) in [5, 5.41) is 0. The standard InChI is InChI=1S/C44H71NO10/c1-12-23(2)36-14-13-15-37(55-39-17-16-35(45(7)8)26(5)51-39)25(4)40(47)34-21-32-30(33(34)22-38(46)54-36)18-24(3)29-19-28(20-31(29)32)53-44-43(50-11)42(49-10)41(48-9)27(6)52-44/h18,21,23,25-33,35-37,39,41-44H,12-17,19-20,22H2,1-11H3/t23?,25-,26-,27+,28+,29+,30-,31-,32-,33+,35+,36-,37+,39+,41+,42-,43-,44+/m1/s1. The van der Waals surface area contributed by atoms with Gasteiger partial charge in [-0.3, -0.25) is 9.59 Å². The molecule has 3 aliphatic carbocycles. The van der Waals surface area contributed by atoms with Crippen molar-refractivity contribution in [2.75, 3.05) is 35.4 Å². The lowest BCUT2D eigenvalue weighted by Crippen LogP contribution is -2.59. The van der Waals surface area contributed by atoms with E-state index in [0.29, 0.717) is 18.4 Å². The van der Waals surface area contributed by atoms with Crippen LogP contribution in [-0.2, 0) is 47.5 Å². The Labute approximate surface area is 330 Å². The summed E-state index contributed by atoms with van der Waals surface area (Å²) in [6.45, 7) is 12.7. The monoisotopic (exact) mass is 774 g/mol. The van der Waals surface area contributed by atoms with Crippen molar-refractivity contribution in [1.82, 2.24) is 4.90 Å². The van der Waals surface area contributed by atoms with Crippen molar-refractivity contribution in [2.24, 2.45) is 41.4 Å². The minimum absolute atomic E-state index is 0.0320. The van der Waals surface area contributed by atoms with E-state index >= 15 is 0 Å². The third-order valence-electron chi connectivity index (χ3n) is 14.4. The summed E-state index contributed by atoms with van der Waals surface area (Å²) in [5.74, 6) is 0.218. The zero-order valence-electron chi connectivity index (χ0n) is 35.4. The number of rotatable bonds is 10. The molecular weight excluding hydrogens is 702 g/mol. The third kappa shape index (κ3) is 8.99. The van der Waals surface area contributed by atoms with E-state index in [1.54, 1.807) is 21.3 Å². The maximum absolute atomic E-state index is 14.8. The lowest BCUT2D eigenvalue weighted by molar-refractivity contribution is -0.314. The van der Waals surface area contributed by atoms with Gasteiger partial charge in [0.1, 0.15) is 24.4 Å². The molecular formula is C44H71NO10. The van der Waals surface area contributed by atoms with Crippen LogP contribution in [0.1, 0.15) is 99.3 Å². The number of ether oxygens (including phenoxy) is 8. The number of cyclic esters (lactones) is 1. The quantitative estimate of drug-likeness (QED) is 0.179. The van der Waals surface area contributed by atoms with Gasteiger partial charge in [-0.25, -0.2) is 0 Å². The van der Waals surface area contributed by atoms with Gasteiger partial charge in [0.2, 0.25) is 0 Å². The second kappa shape index (κ2) is 18.5. The van der Waals surface area contributed by atoms with Gasteiger partial charge in [-0.2, -0.15) is 0 Å². The van der Waals surface area contributed by atoms with Gasteiger partial charge in [-0.15, -0.1) is 0 Å². The average molecular weight is 774 g/mol. The first-order chi connectivity index (χ1) is 26.3. The van der Waals surface area contributed by atoms with Crippen molar-refractivity contribution in [3.05, 3.63) is 23.3 Å². The van der Waals surface area contributed by atoms with Crippen molar-refractivity contribution in [2.45, 2.75) is 167 Å². The second-order valence-electron chi connectivity index (χ2n) is 17.9. The van der Waals surface area contributed by atoms with Crippen molar-refractivity contribution in [1.29, 1.82) is 0 Å². The SMILES string of the molecule is CCC(C)[C@H]1CCC[C@H](O[C@H]2CC[C@H](N(C)C)[C@@H](C)O2)[C@@H](C)C(=O)C2=C[C@@H]3[C@@H](C=C(C)[C@@H]4C[C@H](O[C@@H]5O[C@@H](C)[C@H](OC)[C@@H](OC)[C@H]5OC)C[C@@H]34)[C@@H]2CC(=O)O1. The Balaban J connectivity index is 1.25. The highest BCUT2D eigenvalue weighted by atomic mass is 16.7. The summed E-state index contributed by atoms with van der Waals surface area (Å²) >= 11 is 0. The highest BCUT2D eigenvalue weighted by Crippen LogP contribution is 2.56. The van der Waals surface area contributed by atoms with Gasteiger partial charge >= 0.3 is 5.97 Å². The van der Waals surface area contributed by atoms with Crippen LogP contribution < -0.4 is 0 Å². The lowest BCUT2D eigenvalue weighted by Gasteiger charge is -2.44. The van der Waals surface area contributed by atoms with Crippen LogP contribution >= 0.6 is 0 Å². The number of esters is 1. The Morgan fingerprint density at radius 3 is 2.22 bits per heavy atom. The van der Waals surface area contributed by atoms with Gasteiger partial charge in [-0.05, 0) is 115 Å². The highest BCUT2D eigenvalue weighted by molar-refractivity contribution is 5.99. The van der Waals surface area contributed by atoms with Crippen molar-refractivity contribution in [3.8, 4) is 0 Å². The van der Waals surface area contributed by atoms with Crippen LogP contribution in [0.5, 0.6) is 0 Å². The molecule has 0 aromatic carbocycles. The Bertz CT molecular complexity index is 1380. The topological polar surface area (TPSA) is 111 Å². The molecule has 55 heavy (non-hydrogen) atoms. The molecule has 312 valence electrons. The zero-order valence-corrected chi connectivity index (χ0v) is 35.4. The van der Waals surface area contributed by atoms with Crippen molar-refractivity contribution < 1.29 is 47.5 Å². The summed E-state index contributed by atoms with van der Waals surface area (Å²) in [5.41, 5.74) is 2.08. The number of hydrogen-bond acceptors (Lipinski definition) is 11. The molecule has 0 aromatic rings. The molecule has 1 saturated carbocycles. The Morgan fingerprint density at radius 2 is 1.56 bits per heavy atom. The molecule has 11 nitrogen and oxygen atoms in total. The van der Waals surface area contributed by atoms with E-state index in [2.05, 4.69) is 58.8 Å². The minimum Gasteiger partial charge on any atom is -0.462 e. The predicted octanol–water partition coefficient (Wildman–Crippen LogP) is 6.51. The summed E-state index contributed by atoms with van der Waals surface area (Å²) in [7, 11) is 9.18. The fourth-order valence-corrected chi connectivity index (χ4v) is 11.1. The molecule has 6 rings (SSSR count). The molecule has 18 atom stereocenters. The first-order valence-electron chi connectivity index (χ1n) is 21.3. The van der Waals surface area contributed by atoms with Gasteiger partial charge < -0.3 is 42.8 Å². The zero-order chi connectivity index (χ0) is 39.7. The Hall–Kier alpha value is -1.70.